The fourth-order valence-corrected chi connectivity index (χ4v) is 1.13. The highest BCUT2D eigenvalue weighted by molar-refractivity contribution is 4.69. The van der Waals surface area contributed by atoms with E-state index in [0.717, 1.165) is 0 Å². The van der Waals surface area contributed by atoms with Crippen molar-refractivity contribution in [3.05, 3.63) is 12.8 Å². The molecule has 0 N–H and O–H groups in total. The molecule has 0 saturated carbocycles. The minimum absolute atomic E-state index is 0.0720. The Kier molecular flexibility index (Phi) is 6.05. The lowest BCUT2D eigenvalue weighted by atomic mass is 10.1. The largest absolute Gasteiger partial charge is 0.499 e. The summed E-state index contributed by atoms with van der Waals surface area (Å²) in [5.74, 6) is 0. The molecule has 0 radical (unpaired) electrons. The van der Waals surface area contributed by atoms with Crippen LogP contribution in [0.4, 0.5) is 0 Å². The fourth-order valence-electron chi connectivity index (χ4n) is 1.13. The predicted molar refractivity (Wildman–Crippen MR) is 66.5 cm³/mol. The highest BCUT2D eigenvalue weighted by Gasteiger charge is 2.21. The molecule has 0 aliphatic rings. The van der Waals surface area contributed by atoms with Crippen LogP contribution in [0.5, 0.6) is 0 Å². The molecule has 0 aliphatic heterocycles. The summed E-state index contributed by atoms with van der Waals surface area (Å²) in [4.78, 5) is 0. The van der Waals surface area contributed by atoms with Crippen LogP contribution in [-0.2, 0) is 14.2 Å². The van der Waals surface area contributed by atoms with Crippen LogP contribution in [0, 0.1) is 0 Å². The Morgan fingerprint density at radius 2 is 1.56 bits per heavy atom. The monoisotopic (exact) mass is 230 g/mol. The first kappa shape index (κ1) is 15.5. The van der Waals surface area contributed by atoms with Crippen molar-refractivity contribution in [1.82, 2.24) is 0 Å². The Morgan fingerprint density at radius 3 is 1.94 bits per heavy atom. The first-order chi connectivity index (χ1) is 7.14. The summed E-state index contributed by atoms with van der Waals surface area (Å²) in [6.45, 7) is 16.6. The molecule has 0 rings (SSSR count). The van der Waals surface area contributed by atoms with Gasteiger partial charge >= 0.3 is 0 Å². The first-order valence-corrected chi connectivity index (χ1v) is 5.68. The minimum atomic E-state index is -0.198. The topological polar surface area (TPSA) is 27.7 Å². The second-order valence-corrected chi connectivity index (χ2v) is 5.78. The summed E-state index contributed by atoms with van der Waals surface area (Å²) in [6, 6.07) is 0. The van der Waals surface area contributed by atoms with Crippen molar-refractivity contribution >= 4 is 0 Å². The van der Waals surface area contributed by atoms with Crippen molar-refractivity contribution in [2.75, 3.05) is 13.2 Å². The van der Waals surface area contributed by atoms with Crippen LogP contribution in [-0.4, -0.2) is 30.5 Å². The van der Waals surface area contributed by atoms with Crippen LogP contribution in [0.2, 0.25) is 0 Å². The van der Waals surface area contributed by atoms with E-state index < -0.39 is 0 Å². The number of hydrogen-bond donors (Lipinski definition) is 0. The Morgan fingerprint density at radius 1 is 1.00 bits per heavy atom. The lowest BCUT2D eigenvalue weighted by molar-refractivity contribution is -0.133. The van der Waals surface area contributed by atoms with E-state index >= 15 is 0 Å². The molecule has 3 nitrogen and oxygen atoms in total. The van der Waals surface area contributed by atoms with Gasteiger partial charge in [0, 0.05) is 0 Å². The van der Waals surface area contributed by atoms with E-state index in [4.69, 9.17) is 14.2 Å². The average Bonchev–Trinajstić information content (AvgIpc) is 2.06. The van der Waals surface area contributed by atoms with E-state index in [1.165, 1.54) is 6.26 Å². The van der Waals surface area contributed by atoms with Gasteiger partial charge in [0.15, 0.2) is 0 Å². The first-order valence-electron chi connectivity index (χ1n) is 5.68. The molecule has 3 heteroatoms. The van der Waals surface area contributed by atoms with E-state index in [-0.39, 0.29) is 17.3 Å². The Hall–Kier alpha value is -0.540. The van der Waals surface area contributed by atoms with Gasteiger partial charge in [-0.1, -0.05) is 6.58 Å². The lowest BCUT2D eigenvalue weighted by Crippen LogP contribution is -2.36. The third-order valence-corrected chi connectivity index (χ3v) is 1.62. The predicted octanol–water partition coefficient (Wildman–Crippen LogP) is 3.15. The quantitative estimate of drug-likeness (QED) is 0.656. The van der Waals surface area contributed by atoms with Crippen LogP contribution in [0.3, 0.4) is 0 Å². The van der Waals surface area contributed by atoms with Gasteiger partial charge in [0.1, 0.15) is 12.7 Å². The van der Waals surface area contributed by atoms with Crippen LogP contribution >= 0.6 is 0 Å². The standard InChI is InChI=1S/C13H26O3/c1-8-14-9-11(16-13(5,6)7)10-15-12(2,3)4/h8,11H,1,9-10H2,2-7H3. The van der Waals surface area contributed by atoms with Gasteiger partial charge in [-0.05, 0) is 41.5 Å². The maximum absolute atomic E-state index is 5.84. The maximum atomic E-state index is 5.84. The van der Waals surface area contributed by atoms with Crippen molar-refractivity contribution < 1.29 is 14.2 Å². The average molecular weight is 230 g/mol. The molecular formula is C13H26O3. The molecule has 0 bridgehead atoms. The van der Waals surface area contributed by atoms with Gasteiger partial charge in [0.25, 0.3) is 0 Å². The van der Waals surface area contributed by atoms with Crippen molar-refractivity contribution in [2.24, 2.45) is 0 Å². The maximum Gasteiger partial charge on any atom is 0.116 e. The van der Waals surface area contributed by atoms with Gasteiger partial charge in [-0.25, -0.2) is 0 Å². The molecule has 0 spiro atoms. The molecule has 1 unspecified atom stereocenters. The van der Waals surface area contributed by atoms with Crippen molar-refractivity contribution in [2.45, 2.75) is 58.8 Å². The van der Waals surface area contributed by atoms with E-state index in [9.17, 15) is 0 Å². The van der Waals surface area contributed by atoms with Gasteiger partial charge in [-0.15, -0.1) is 0 Å². The second kappa shape index (κ2) is 6.26. The van der Waals surface area contributed by atoms with E-state index in [1.54, 1.807) is 0 Å². The minimum Gasteiger partial charge on any atom is -0.499 e. The van der Waals surface area contributed by atoms with Crippen LogP contribution in [0.25, 0.3) is 0 Å². The molecule has 16 heavy (non-hydrogen) atoms. The summed E-state index contributed by atoms with van der Waals surface area (Å²) in [5.41, 5.74) is -0.357. The molecule has 0 heterocycles. The van der Waals surface area contributed by atoms with Crippen LogP contribution < -0.4 is 0 Å². The zero-order valence-electron chi connectivity index (χ0n) is 11.5. The second-order valence-electron chi connectivity index (χ2n) is 5.78. The van der Waals surface area contributed by atoms with E-state index in [0.29, 0.717) is 13.2 Å². The number of hydrogen-bond acceptors (Lipinski definition) is 3. The summed E-state index contributed by atoms with van der Waals surface area (Å²) in [5, 5.41) is 0. The third kappa shape index (κ3) is 9.99. The summed E-state index contributed by atoms with van der Waals surface area (Å²) >= 11 is 0. The number of ether oxygens (including phenoxy) is 3. The van der Waals surface area contributed by atoms with E-state index in [1.807, 2.05) is 41.5 Å². The van der Waals surface area contributed by atoms with Crippen molar-refractivity contribution in [1.29, 1.82) is 0 Å². The highest BCUT2D eigenvalue weighted by Crippen LogP contribution is 2.14. The summed E-state index contributed by atoms with van der Waals surface area (Å²) in [6.07, 6.45) is 1.35. The molecule has 0 aromatic carbocycles. The van der Waals surface area contributed by atoms with E-state index in [2.05, 4.69) is 6.58 Å². The zero-order valence-corrected chi connectivity index (χ0v) is 11.5. The van der Waals surface area contributed by atoms with Crippen molar-refractivity contribution in [3.63, 3.8) is 0 Å². The fraction of sp³-hybridized carbons (Fsp3) is 0.846. The van der Waals surface area contributed by atoms with Gasteiger partial charge in [0.2, 0.25) is 0 Å². The molecule has 1 atom stereocenters. The summed E-state index contributed by atoms with van der Waals surface area (Å²) < 4.78 is 16.7. The van der Waals surface area contributed by atoms with Crippen molar-refractivity contribution in [3.8, 4) is 0 Å². The third-order valence-electron chi connectivity index (χ3n) is 1.62. The molecule has 0 saturated heterocycles. The molecular weight excluding hydrogens is 204 g/mol. The zero-order chi connectivity index (χ0) is 12.8. The molecule has 0 aromatic heterocycles. The Labute approximate surface area is 99.8 Å². The van der Waals surface area contributed by atoms with Gasteiger partial charge in [0.05, 0.1) is 24.1 Å². The van der Waals surface area contributed by atoms with Gasteiger partial charge in [-0.2, -0.15) is 0 Å². The lowest BCUT2D eigenvalue weighted by Gasteiger charge is -2.29. The Bertz CT molecular complexity index is 198. The van der Waals surface area contributed by atoms with Crippen LogP contribution in [0.15, 0.2) is 12.8 Å². The van der Waals surface area contributed by atoms with Gasteiger partial charge in [-0.3, -0.25) is 0 Å². The molecule has 0 aromatic rings. The molecule has 0 aliphatic carbocycles. The Balaban J connectivity index is 4.15. The molecule has 0 fully saturated rings. The molecule has 0 amide bonds. The molecule has 96 valence electrons. The van der Waals surface area contributed by atoms with Gasteiger partial charge < -0.3 is 14.2 Å². The SMILES string of the molecule is C=COCC(COC(C)(C)C)OC(C)(C)C. The normalized spacial score (nSPS) is 14.6. The van der Waals surface area contributed by atoms with Crippen LogP contribution in [0.1, 0.15) is 41.5 Å². The highest BCUT2D eigenvalue weighted by atomic mass is 16.6. The summed E-state index contributed by atoms with van der Waals surface area (Å²) in [7, 11) is 0. The smallest absolute Gasteiger partial charge is 0.116 e. The number of rotatable bonds is 6.